The predicted molar refractivity (Wildman–Crippen MR) is 59.3 cm³/mol. The summed E-state index contributed by atoms with van der Waals surface area (Å²) in [5, 5.41) is 0.939. The summed E-state index contributed by atoms with van der Waals surface area (Å²) in [7, 11) is 0. The maximum absolute atomic E-state index is 10.6. The van der Waals surface area contributed by atoms with E-state index in [-0.39, 0.29) is 0 Å². The van der Waals surface area contributed by atoms with Gasteiger partial charge in [0.2, 0.25) is 0 Å². The summed E-state index contributed by atoms with van der Waals surface area (Å²) in [6, 6.07) is 5.80. The summed E-state index contributed by atoms with van der Waals surface area (Å²) in [5.41, 5.74) is 6.37. The van der Waals surface area contributed by atoms with Crippen LogP contribution in [0, 0.1) is 0 Å². The number of aldehydes is 1. The molecule has 0 aliphatic rings. The van der Waals surface area contributed by atoms with Gasteiger partial charge in [0, 0.05) is 14.6 Å². The number of anilines is 1. The van der Waals surface area contributed by atoms with Crippen molar-refractivity contribution in [1.29, 1.82) is 0 Å². The molecule has 2 nitrogen and oxygen atoms in total. The molecule has 0 spiro atoms. The molecule has 2 N–H and O–H groups in total. The largest absolute Gasteiger partial charge is 0.397 e. The van der Waals surface area contributed by atoms with Gasteiger partial charge in [-0.1, -0.05) is 22.0 Å². The highest BCUT2D eigenvalue weighted by Gasteiger charge is 2.10. The van der Waals surface area contributed by atoms with Crippen molar-refractivity contribution < 1.29 is 4.79 Å². The molecule has 0 radical (unpaired) electrons. The zero-order chi connectivity index (χ0) is 9.42. The molecule has 0 fully saturated rings. The van der Waals surface area contributed by atoms with Gasteiger partial charge in [-0.15, -0.1) is 11.3 Å². The molecule has 2 aromatic rings. The number of nitrogen functional groups attached to an aromatic ring is 1. The van der Waals surface area contributed by atoms with Crippen molar-refractivity contribution in [2.75, 3.05) is 5.73 Å². The third-order valence-corrected chi connectivity index (χ3v) is 3.59. The average molecular weight is 256 g/mol. The molecule has 1 aromatic carbocycles. The normalized spacial score (nSPS) is 10.5. The number of thiophene rings is 1. The van der Waals surface area contributed by atoms with E-state index >= 15 is 0 Å². The van der Waals surface area contributed by atoms with Gasteiger partial charge in [0.15, 0.2) is 6.29 Å². The smallest absolute Gasteiger partial charge is 0.162 e. The number of nitrogens with two attached hydrogens (primary N) is 1. The zero-order valence-corrected chi connectivity index (χ0v) is 8.98. The topological polar surface area (TPSA) is 43.1 Å². The summed E-state index contributed by atoms with van der Waals surface area (Å²) >= 11 is 4.82. The van der Waals surface area contributed by atoms with Crippen LogP contribution < -0.4 is 5.73 Å². The molecule has 1 aromatic heterocycles. The monoisotopic (exact) mass is 255 g/mol. The Labute approximate surface area is 87.5 Å². The van der Waals surface area contributed by atoms with E-state index in [0.717, 1.165) is 20.8 Å². The fourth-order valence-electron chi connectivity index (χ4n) is 1.23. The second kappa shape index (κ2) is 3.12. The number of carbonyl (C=O) groups is 1. The van der Waals surface area contributed by atoms with Gasteiger partial charge in [-0.25, -0.2) is 0 Å². The molecule has 0 unspecified atom stereocenters. The van der Waals surface area contributed by atoms with Crippen LogP contribution in [-0.2, 0) is 0 Å². The van der Waals surface area contributed by atoms with Crippen molar-refractivity contribution in [1.82, 2.24) is 0 Å². The minimum absolute atomic E-state index is 0.572. The van der Waals surface area contributed by atoms with Crippen LogP contribution in [0.2, 0.25) is 0 Å². The maximum atomic E-state index is 10.6. The second-order valence-corrected chi connectivity index (χ2v) is 4.55. The quantitative estimate of drug-likeness (QED) is 0.797. The number of hydrogen-bond acceptors (Lipinski definition) is 3. The fraction of sp³-hybridized carbons (Fsp3) is 0. The van der Waals surface area contributed by atoms with Crippen LogP contribution in [0.5, 0.6) is 0 Å². The summed E-state index contributed by atoms with van der Waals surface area (Å²) in [6.07, 6.45) is 0.798. The fourth-order valence-corrected chi connectivity index (χ4v) is 2.91. The Morgan fingerprint density at radius 1 is 1.46 bits per heavy atom. The number of fused-ring (bicyclic) bond motifs is 1. The lowest BCUT2D eigenvalue weighted by Crippen LogP contribution is -1.86. The van der Waals surface area contributed by atoms with E-state index in [1.54, 1.807) is 0 Å². The van der Waals surface area contributed by atoms with E-state index in [1.807, 2.05) is 18.2 Å². The summed E-state index contributed by atoms with van der Waals surface area (Å²) in [4.78, 5) is 11.2. The Balaban J connectivity index is 2.92. The molecular weight excluding hydrogens is 250 g/mol. The highest BCUT2D eigenvalue weighted by molar-refractivity contribution is 9.10. The molecule has 0 saturated heterocycles. The SMILES string of the molecule is Nc1c(C=O)sc2cccc(Br)c12. The van der Waals surface area contributed by atoms with Crippen LogP contribution in [0.15, 0.2) is 22.7 Å². The lowest BCUT2D eigenvalue weighted by atomic mass is 10.2. The number of rotatable bonds is 1. The van der Waals surface area contributed by atoms with E-state index in [1.165, 1.54) is 11.3 Å². The van der Waals surface area contributed by atoms with Crippen molar-refractivity contribution in [2.45, 2.75) is 0 Å². The van der Waals surface area contributed by atoms with Gasteiger partial charge in [0.25, 0.3) is 0 Å². The van der Waals surface area contributed by atoms with Crippen LogP contribution in [0.3, 0.4) is 0 Å². The Morgan fingerprint density at radius 3 is 2.85 bits per heavy atom. The predicted octanol–water partition coefficient (Wildman–Crippen LogP) is 3.06. The first-order chi connectivity index (χ1) is 6.24. The number of carbonyl (C=O) groups excluding carboxylic acids is 1. The lowest BCUT2D eigenvalue weighted by Gasteiger charge is -1.94. The Morgan fingerprint density at radius 2 is 2.23 bits per heavy atom. The minimum atomic E-state index is 0.572. The number of benzene rings is 1. The minimum Gasteiger partial charge on any atom is -0.397 e. The Hall–Kier alpha value is -0.870. The van der Waals surface area contributed by atoms with E-state index in [9.17, 15) is 4.79 Å². The van der Waals surface area contributed by atoms with Gasteiger partial charge >= 0.3 is 0 Å². The number of halogens is 1. The lowest BCUT2D eigenvalue weighted by molar-refractivity contribution is 0.112. The van der Waals surface area contributed by atoms with Crippen LogP contribution in [0.25, 0.3) is 10.1 Å². The molecule has 0 aliphatic carbocycles. The highest BCUT2D eigenvalue weighted by Crippen LogP contribution is 2.36. The Bertz CT molecular complexity index is 478. The van der Waals surface area contributed by atoms with Crippen molar-refractivity contribution in [3.05, 3.63) is 27.5 Å². The van der Waals surface area contributed by atoms with Gasteiger partial charge < -0.3 is 5.73 Å². The van der Waals surface area contributed by atoms with Crippen LogP contribution in [0.1, 0.15) is 9.67 Å². The second-order valence-electron chi connectivity index (χ2n) is 2.61. The van der Waals surface area contributed by atoms with Gasteiger partial charge in [0.05, 0.1) is 10.6 Å². The average Bonchev–Trinajstić information content (AvgIpc) is 2.44. The molecular formula is C9H6BrNOS. The first kappa shape index (κ1) is 8.72. The van der Waals surface area contributed by atoms with Gasteiger partial charge in [-0.3, -0.25) is 4.79 Å². The molecule has 4 heteroatoms. The molecule has 2 rings (SSSR count). The van der Waals surface area contributed by atoms with E-state index in [0.29, 0.717) is 10.6 Å². The van der Waals surface area contributed by atoms with Crippen molar-refractivity contribution in [3.8, 4) is 0 Å². The molecule has 0 atom stereocenters. The third-order valence-electron chi connectivity index (χ3n) is 1.84. The first-order valence-electron chi connectivity index (χ1n) is 3.65. The molecule has 0 amide bonds. The summed E-state index contributed by atoms with van der Waals surface area (Å²) in [6.45, 7) is 0. The van der Waals surface area contributed by atoms with E-state index in [4.69, 9.17) is 5.73 Å². The molecule has 13 heavy (non-hydrogen) atoms. The summed E-state index contributed by atoms with van der Waals surface area (Å²) < 4.78 is 1.97. The zero-order valence-electron chi connectivity index (χ0n) is 6.58. The van der Waals surface area contributed by atoms with Crippen LogP contribution in [-0.4, -0.2) is 6.29 Å². The van der Waals surface area contributed by atoms with Gasteiger partial charge in [-0.2, -0.15) is 0 Å². The molecule has 0 aliphatic heterocycles. The first-order valence-corrected chi connectivity index (χ1v) is 5.26. The maximum Gasteiger partial charge on any atom is 0.162 e. The molecule has 66 valence electrons. The molecule has 0 bridgehead atoms. The van der Waals surface area contributed by atoms with E-state index in [2.05, 4.69) is 15.9 Å². The van der Waals surface area contributed by atoms with Crippen molar-refractivity contribution >= 4 is 49.3 Å². The van der Waals surface area contributed by atoms with Crippen molar-refractivity contribution in [2.24, 2.45) is 0 Å². The highest BCUT2D eigenvalue weighted by atomic mass is 79.9. The van der Waals surface area contributed by atoms with Crippen molar-refractivity contribution in [3.63, 3.8) is 0 Å². The van der Waals surface area contributed by atoms with Crippen LogP contribution >= 0.6 is 27.3 Å². The summed E-state index contributed by atoms with van der Waals surface area (Å²) in [5.74, 6) is 0. The molecule has 1 heterocycles. The Kier molecular flexibility index (Phi) is 2.09. The third kappa shape index (κ3) is 1.26. The number of hydrogen-bond donors (Lipinski definition) is 1. The van der Waals surface area contributed by atoms with Gasteiger partial charge in [-0.05, 0) is 12.1 Å². The molecule has 0 saturated carbocycles. The van der Waals surface area contributed by atoms with E-state index < -0.39 is 0 Å². The standard InChI is InChI=1S/C9H6BrNOS/c10-5-2-1-3-6-8(5)9(11)7(4-12)13-6/h1-4H,11H2. The van der Waals surface area contributed by atoms with Crippen LogP contribution in [0.4, 0.5) is 5.69 Å². The van der Waals surface area contributed by atoms with Gasteiger partial charge in [0.1, 0.15) is 0 Å².